The van der Waals surface area contributed by atoms with Crippen LogP contribution in [0.15, 0.2) is 34.7 Å². The van der Waals surface area contributed by atoms with Crippen LogP contribution in [0.5, 0.6) is 0 Å². The predicted octanol–water partition coefficient (Wildman–Crippen LogP) is 3.57. The number of aryl methyl sites for hydroxylation is 1. The molecule has 28 heavy (non-hydrogen) atoms. The zero-order valence-corrected chi connectivity index (χ0v) is 16.9. The molecule has 1 fully saturated rings. The number of benzene rings is 1. The highest BCUT2D eigenvalue weighted by molar-refractivity contribution is 5.38. The number of ether oxygens (including phenoxy) is 1. The Morgan fingerprint density at radius 3 is 2.64 bits per heavy atom. The fraction of sp³-hybridized carbons (Fsp3) is 0.476. The average molecular weight is 381 g/mol. The molecule has 3 heterocycles. The van der Waals surface area contributed by atoms with E-state index in [0.29, 0.717) is 31.5 Å². The van der Waals surface area contributed by atoms with Gasteiger partial charge in [-0.25, -0.2) is 4.68 Å². The van der Waals surface area contributed by atoms with Crippen molar-refractivity contribution in [3.63, 3.8) is 0 Å². The van der Waals surface area contributed by atoms with Crippen molar-refractivity contribution in [2.75, 3.05) is 19.8 Å². The summed E-state index contributed by atoms with van der Waals surface area (Å²) in [5.74, 6) is 1.57. The van der Waals surface area contributed by atoms with Crippen LogP contribution in [-0.2, 0) is 11.3 Å². The van der Waals surface area contributed by atoms with Crippen molar-refractivity contribution in [1.82, 2.24) is 24.9 Å². The molecule has 7 heteroatoms. The quantitative estimate of drug-likeness (QED) is 0.673. The number of aromatic nitrogens is 4. The Morgan fingerprint density at radius 2 is 1.93 bits per heavy atom. The van der Waals surface area contributed by atoms with Crippen LogP contribution in [0.2, 0.25) is 0 Å². The lowest BCUT2D eigenvalue weighted by atomic mass is 10.0. The molecule has 0 bridgehead atoms. The van der Waals surface area contributed by atoms with E-state index in [1.807, 2.05) is 22.9 Å². The number of para-hydroxylation sites is 1. The van der Waals surface area contributed by atoms with Gasteiger partial charge in [-0.3, -0.25) is 4.90 Å². The molecule has 3 aromatic rings. The lowest BCUT2D eigenvalue weighted by molar-refractivity contribution is -0.0167. The van der Waals surface area contributed by atoms with Crippen LogP contribution >= 0.6 is 0 Å². The second-order valence-electron chi connectivity index (χ2n) is 7.58. The monoisotopic (exact) mass is 381 g/mol. The summed E-state index contributed by atoms with van der Waals surface area (Å²) in [4.78, 5) is 2.35. The van der Waals surface area contributed by atoms with E-state index in [2.05, 4.69) is 54.9 Å². The number of hydrogen-bond acceptors (Lipinski definition) is 6. The summed E-state index contributed by atoms with van der Waals surface area (Å²) in [5, 5.41) is 13.2. The van der Waals surface area contributed by atoms with Gasteiger partial charge in [0, 0.05) is 23.7 Å². The first kappa shape index (κ1) is 18.8. The van der Waals surface area contributed by atoms with Gasteiger partial charge in [-0.15, -0.1) is 10.2 Å². The third-order valence-corrected chi connectivity index (χ3v) is 5.24. The molecule has 1 atom stereocenters. The van der Waals surface area contributed by atoms with Crippen LogP contribution in [0, 0.1) is 13.8 Å². The molecule has 1 aromatic carbocycles. The zero-order chi connectivity index (χ0) is 19.7. The standard InChI is InChI=1S/C21H27N5O2/c1-14(2)21-23-22-19(28-21)12-25-10-11-27-13-18(25)20-15(3)24-26(16(20)4)17-8-6-5-7-9-17/h5-9,14,18H,10-13H2,1-4H3/t18-/m1/s1. The van der Waals surface area contributed by atoms with Gasteiger partial charge in [0.15, 0.2) is 0 Å². The van der Waals surface area contributed by atoms with Gasteiger partial charge in [0.25, 0.3) is 0 Å². The van der Waals surface area contributed by atoms with E-state index in [9.17, 15) is 0 Å². The van der Waals surface area contributed by atoms with Gasteiger partial charge in [-0.1, -0.05) is 32.0 Å². The fourth-order valence-electron chi connectivity index (χ4n) is 3.79. The Hall–Kier alpha value is -2.51. The maximum atomic E-state index is 5.84. The first-order valence-corrected chi connectivity index (χ1v) is 9.80. The average Bonchev–Trinajstić information content (AvgIpc) is 3.28. The highest BCUT2D eigenvalue weighted by Gasteiger charge is 2.31. The molecular weight excluding hydrogens is 354 g/mol. The molecule has 1 aliphatic rings. The molecule has 0 saturated carbocycles. The van der Waals surface area contributed by atoms with Crippen molar-refractivity contribution in [3.05, 3.63) is 59.1 Å². The summed E-state index contributed by atoms with van der Waals surface area (Å²) >= 11 is 0. The number of nitrogens with zero attached hydrogens (tertiary/aromatic N) is 5. The summed E-state index contributed by atoms with van der Waals surface area (Å²) in [7, 11) is 0. The van der Waals surface area contributed by atoms with E-state index in [4.69, 9.17) is 14.3 Å². The van der Waals surface area contributed by atoms with Crippen LogP contribution in [0.4, 0.5) is 0 Å². The maximum absolute atomic E-state index is 5.84. The SMILES string of the molecule is Cc1nn(-c2ccccc2)c(C)c1[C@H]1COCCN1Cc1nnc(C(C)C)o1. The van der Waals surface area contributed by atoms with Crippen LogP contribution in [-0.4, -0.2) is 44.6 Å². The van der Waals surface area contributed by atoms with Crippen LogP contribution in [0.3, 0.4) is 0 Å². The third-order valence-electron chi connectivity index (χ3n) is 5.24. The lowest BCUT2D eigenvalue weighted by Gasteiger charge is -2.35. The summed E-state index contributed by atoms with van der Waals surface area (Å²) in [5.41, 5.74) is 4.44. The zero-order valence-electron chi connectivity index (χ0n) is 16.9. The van der Waals surface area contributed by atoms with Gasteiger partial charge < -0.3 is 9.15 Å². The van der Waals surface area contributed by atoms with E-state index in [-0.39, 0.29) is 12.0 Å². The van der Waals surface area contributed by atoms with Gasteiger partial charge >= 0.3 is 0 Å². The van der Waals surface area contributed by atoms with Crippen molar-refractivity contribution in [2.45, 2.75) is 46.2 Å². The molecule has 1 saturated heterocycles. The van der Waals surface area contributed by atoms with Gasteiger partial charge in [-0.05, 0) is 26.0 Å². The fourth-order valence-corrected chi connectivity index (χ4v) is 3.79. The first-order chi connectivity index (χ1) is 13.5. The first-order valence-electron chi connectivity index (χ1n) is 9.80. The van der Waals surface area contributed by atoms with E-state index < -0.39 is 0 Å². The molecule has 4 rings (SSSR count). The molecule has 0 N–H and O–H groups in total. The van der Waals surface area contributed by atoms with Gasteiger partial charge in [0.1, 0.15) is 0 Å². The summed E-state index contributed by atoms with van der Waals surface area (Å²) in [6.07, 6.45) is 0. The molecule has 0 aliphatic carbocycles. The highest BCUT2D eigenvalue weighted by Crippen LogP contribution is 2.31. The highest BCUT2D eigenvalue weighted by atomic mass is 16.5. The smallest absolute Gasteiger partial charge is 0.230 e. The van der Waals surface area contributed by atoms with E-state index in [1.165, 1.54) is 5.56 Å². The molecule has 0 unspecified atom stereocenters. The second kappa shape index (κ2) is 7.85. The predicted molar refractivity (Wildman–Crippen MR) is 105 cm³/mol. The van der Waals surface area contributed by atoms with Crippen LogP contribution in [0.25, 0.3) is 5.69 Å². The molecule has 0 amide bonds. The topological polar surface area (TPSA) is 69.2 Å². The Labute approximate surface area is 165 Å². The van der Waals surface area contributed by atoms with Gasteiger partial charge in [0.2, 0.25) is 11.8 Å². The number of rotatable bonds is 5. The minimum atomic E-state index is 0.112. The van der Waals surface area contributed by atoms with E-state index in [0.717, 1.165) is 23.6 Å². The van der Waals surface area contributed by atoms with Crippen LogP contribution in [0.1, 0.15) is 54.5 Å². The van der Waals surface area contributed by atoms with Crippen molar-refractivity contribution in [3.8, 4) is 5.69 Å². The lowest BCUT2D eigenvalue weighted by Crippen LogP contribution is -2.39. The van der Waals surface area contributed by atoms with E-state index >= 15 is 0 Å². The Morgan fingerprint density at radius 1 is 1.14 bits per heavy atom. The normalized spacial score (nSPS) is 18.1. The van der Waals surface area contributed by atoms with E-state index in [1.54, 1.807) is 0 Å². The molecule has 0 radical (unpaired) electrons. The molecular formula is C21H27N5O2. The molecule has 0 spiro atoms. The molecule has 1 aliphatic heterocycles. The van der Waals surface area contributed by atoms with Crippen molar-refractivity contribution < 1.29 is 9.15 Å². The maximum Gasteiger partial charge on any atom is 0.230 e. The largest absolute Gasteiger partial charge is 0.424 e. The second-order valence-corrected chi connectivity index (χ2v) is 7.58. The van der Waals surface area contributed by atoms with Crippen molar-refractivity contribution in [2.24, 2.45) is 0 Å². The summed E-state index contributed by atoms with van der Waals surface area (Å²) in [6.45, 7) is 11.1. The Balaban J connectivity index is 1.63. The molecule has 148 valence electrons. The van der Waals surface area contributed by atoms with Gasteiger partial charge in [-0.2, -0.15) is 5.10 Å². The minimum Gasteiger partial charge on any atom is -0.424 e. The molecule has 7 nitrogen and oxygen atoms in total. The number of hydrogen-bond donors (Lipinski definition) is 0. The summed E-state index contributed by atoms with van der Waals surface area (Å²) in [6, 6.07) is 10.3. The van der Waals surface area contributed by atoms with Crippen molar-refractivity contribution in [1.29, 1.82) is 0 Å². The number of morpholine rings is 1. The van der Waals surface area contributed by atoms with Crippen LogP contribution < -0.4 is 0 Å². The Bertz CT molecular complexity index is 932. The van der Waals surface area contributed by atoms with Crippen molar-refractivity contribution >= 4 is 0 Å². The molecule has 2 aromatic heterocycles. The third kappa shape index (κ3) is 3.59. The minimum absolute atomic E-state index is 0.112. The summed E-state index contributed by atoms with van der Waals surface area (Å²) < 4.78 is 13.7. The van der Waals surface area contributed by atoms with Gasteiger partial charge in [0.05, 0.1) is 37.2 Å². The Kier molecular flexibility index (Phi) is 5.28.